The van der Waals surface area contributed by atoms with Gasteiger partial charge in [-0.2, -0.15) is 0 Å². The number of nitrogens with one attached hydrogen (secondary N) is 1. The van der Waals surface area contributed by atoms with Gasteiger partial charge in [0.1, 0.15) is 11.6 Å². The fourth-order valence-corrected chi connectivity index (χ4v) is 2.84. The lowest BCUT2D eigenvalue weighted by Gasteiger charge is -2.06. The molecule has 0 spiro atoms. The second kappa shape index (κ2) is 7.47. The number of carbonyl (C=O) groups excluding carboxylic acids is 1. The maximum Gasteiger partial charge on any atom is 0.337 e. The Morgan fingerprint density at radius 3 is 2.59 bits per heavy atom. The van der Waals surface area contributed by atoms with E-state index in [1.807, 2.05) is 36.4 Å². The van der Waals surface area contributed by atoms with Gasteiger partial charge >= 0.3 is 5.97 Å². The summed E-state index contributed by atoms with van der Waals surface area (Å²) in [7, 11) is 1.35. The third-order valence-corrected chi connectivity index (χ3v) is 4.18. The van der Waals surface area contributed by atoms with Crippen LogP contribution in [0.2, 0.25) is 0 Å². The first-order chi connectivity index (χ1) is 12.7. The van der Waals surface area contributed by atoms with Gasteiger partial charge in [-0.05, 0) is 29.8 Å². The summed E-state index contributed by atoms with van der Waals surface area (Å²) in [6.45, 7) is 0. The molecule has 2 aromatic heterocycles. The smallest absolute Gasteiger partial charge is 0.337 e. The quantitative estimate of drug-likeness (QED) is 0.522. The minimum Gasteiger partial charge on any atom is -0.465 e. The summed E-state index contributed by atoms with van der Waals surface area (Å²) in [5.41, 5.74) is 10.7. The highest BCUT2D eigenvalue weighted by Crippen LogP contribution is 2.29. The zero-order valence-electron chi connectivity index (χ0n) is 14.5. The lowest BCUT2D eigenvalue weighted by atomic mass is 10.1. The van der Waals surface area contributed by atoms with Crippen LogP contribution >= 0.6 is 12.4 Å². The number of ether oxygens (including phenoxy) is 1. The van der Waals surface area contributed by atoms with Crippen LogP contribution in [0.5, 0.6) is 0 Å². The summed E-state index contributed by atoms with van der Waals surface area (Å²) in [6.07, 6.45) is 1.74. The predicted molar refractivity (Wildman–Crippen MR) is 108 cm³/mol. The minimum absolute atomic E-state index is 0. The summed E-state index contributed by atoms with van der Waals surface area (Å²) in [5, 5.41) is 0. The van der Waals surface area contributed by atoms with Crippen LogP contribution in [-0.2, 0) is 4.74 Å². The Morgan fingerprint density at radius 1 is 1.07 bits per heavy atom. The first kappa shape index (κ1) is 18.4. The summed E-state index contributed by atoms with van der Waals surface area (Å²) in [6, 6.07) is 17.1. The van der Waals surface area contributed by atoms with Gasteiger partial charge in [0.15, 0.2) is 0 Å². The number of halogens is 1. The molecule has 0 radical (unpaired) electrons. The van der Waals surface area contributed by atoms with Crippen LogP contribution < -0.4 is 5.73 Å². The number of nitrogen functional groups attached to an aromatic ring is 1. The lowest BCUT2D eigenvalue weighted by molar-refractivity contribution is 0.0601. The Hall–Kier alpha value is -3.38. The molecule has 7 heteroatoms. The molecule has 3 N–H and O–H groups in total. The molecule has 0 saturated heterocycles. The number of aromatic nitrogens is 3. The average molecular weight is 381 g/mol. The van der Waals surface area contributed by atoms with Crippen molar-refractivity contribution in [3.8, 4) is 22.5 Å². The number of nitrogens with zero attached hydrogens (tertiary/aromatic N) is 2. The Balaban J connectivity index is 0.00000210. The summed E-state index contributed by atoms with van der Waals surface area (Å²) in [4.78, 5) is 23.8. The first-order valence-corrected chi connectivity index (χ1v) is 8.05. The van der Waals surface area contributed by atoms with Gasteiger partial charge in [-0.15, -0.1) is 12.4 Å². The number of nitrogens with two attached hydrogens (primary N) is 1. The van der Waals surface area contributed by atoms with Gasteiger partial charge in [-0.25, -0.2) is 14.8 Å². The van der Waals surface area contributed by atoms with E-state index in [-0.39, 0.29) is 12.4 Å². The van der Waals surface area contributed by atoms with E-state index in [0.29, 0.717) is 22.8 Å². The number of aromatic amines is 1. The van der Waals surface area contributed by atoms with E-state index in [1.54, 1.807) is 24.4 Å². The van der Waals surface area contributed by atoms with Crippen molar-refractivity contribution in [2.75, 3.05) is 12.8 Å². The van der Waals surface area contributed by atoms with E-state index >= 15 is 0 Å². The van der Waals surface area contributed by atoms with Crippen LogP contribution in [-0.4, -0.2) is 28.0 Å². The van der Waals surface area contributed by atoms with E-state index in [0.717, 1.165) is 22.2 Å². The normalized spacial score (nSPS) is 10.4. The van der Waals surface area contributed by atoms with Gasteiger partial charge in [0.05, 0.1) is 29.3 Å². The van der Waals surface area contributed by atoms with E-state index in [9.17, 15) is 4.79 Å². The number of rotatable bonds is 3. The van der Waals surface area contributed by atoms with Gasteiger partial charge in [0, 0.05) is 11.8 Å². The highest BCUT2D eigenvalue weighted by Gasteiger charge is 2.13. The van der Waals surface area contributed by atoms with Crippen molar-refractivity contribution >= 4 is 35.2 Å². The van der Waals surface area contributed by atoms with Crippen molar-refractivity contribution in [1.82, 2.24) is 15.0 Å². The molecule has 136 valence electrons. The minimum atomic E-state index is -0.393. The molecule has 0 saturated carbocycles. The molecule has 2 heterocycles. The molecule has 27 heavy (non-hydrogen) atoms. The fraction of sp³-hybridized carbons (Fsp3) is 0.0500. The predicted octanol–water partition coefficient (Wildman–Crippen LogP) is 4.08. The third kappa shape index (κ3) is 3.47. The van der Waals surface area contributed by atoms with Crippen molar-refractivity contribution < 1.29 is 9.53 Å². The second-order valence-corrected chi connectivity index (χ2v) is 5.83. The molecule has 2 aromatic carbocycles. The zero-order chi connectivity index (χ0) is 18.1. The number of benzene rings is 2. The van der Waals surface area contributed by atoms with E-state index < -0.39 is 5.97 Å². The molecule has 0 amide bonds. The van der Waals surface area contributed by atoms with Crippen molar-refractivity contribution in [2.24, 2.45) is 0 Å². The van der Waals surface area contributed by atoms with Crippen molar-refractivity contribution in [3.63, 3.8) is 0 Å². The molecule has 0 aliphatic heterocycles. The van der Waals surface area contributed by atoms with Crippen LogP contribution in [0.15, 0.2) is 60.8 Å². The number of anilines is 1. The van der Waals surface area contributed by atoms with E-state index in [1.165, 1.54) is 7.11 Å². The van der Waals surface area contributed by atoms with Gasteiger partial charge in [-0.1, -0.05) is 30.3 Å². The van der Waals surface area contributed by atoms with Crippen molar-refractivity contribution in [2.45, 2.75) is 0 Å². The maximum atomic E-state index is 11.7. The molecule has 6 nitrogen and oxygen atoms in total. The summed E-state index contributed by atoms with van der Waals surface area (Å²) >= 11 is 0. The Kier molecular flexibility index (Phi) is 5.09. The molecule has 0 atom stereocenters. The number of esters is 1. The van der Waals surface area contributed by atoms with Crippen molar-refractivity contribution in [1.29, 1.82) is 0 Å². The zero-order valence-corrected chi connectivity index (χ0v) is 15.3. The molecule has 0 aliphatic rings. The molecular formula is C20H17ClN4O2. The second-order valence-electron chi connectivity index (χ2n) is 5.83. The van der Waals surface area contributed by atoms with Crippen LogP contribution in [0.3, 0.4) is 0 Å². The molecular weight excluding hydrogens is 364 g/mol. The molecule has 0 aliphatic carbocycles. The molecule has 4 rings (SSSR count). The number of pyridine rings is 1. The van der Waals surface area contributed by atoms with Crippen LogP contribution in [0.25, 0.3) is 33.5 Å². The maximum absolute atomic E-state index is 11.7. The van der Waals surface area contributed by atoms with Crippen LogP contribution in [0.1, 0.15) is 10.4 Å². The van der Waals surface area contributed by atoms with Crippen LogP contribution in [0, 0.1) is 0 Å². The largest absolute Gasteiger partial charge is 0.465 e. The van der Waals surface area contributed by atoms with E-state index in [4.69, 9.17) is 10.5 Å². The molecule has 0 bridgehead atoms. The lowest BCUT2D eigenvalue weighted by Crippen LogP contribution is -2.00. The Bertz CT molecular complexity index is 1110. The number of carbonyl (C=O) groups is 1. The number of H-pyrrole nitrogens is 1. The monoisotopic (exact) mass is 380 g/mol. The molecule has 4 aromatic rings. The number of fused-ring (bicyclic) bond motifs is 1. The summed E-state index contributed by atoms with van der Waals surface area (Å²) < 4.78 is 4.76. The third-order valence-electron chi connectivity index (χ3n) is 4.18. The van der Waals surface area contributed by atoms with Crippen molar-refractivity contribution in [3.05, 3.63) is 66.4 Å². The summed E-state index contributed by atoms with van der Waals surface area (Å²) in [5.74, 6) is 0.594. The topological polar surface area (TPSA) is 93.9 Å². The Morgan fingerprint density at radius 2 is 1.85 bits per heavy atom. The fourth-order valence-electron chi connectivity index (χ4n) is 2.84. The molecule has 0 fully saturated rings. The van der Waals surface area contributed by atoms with Gasteiger partial charge in [-0.3, -0.25) is 0 Å². The van der Waals surface area contributed by atoms with E-state index in [2.05, 4.69) is 15.0 Å². The SMILES string of the molecule is COC(=O)c1ccc2nc(-c3cc(-c4ccccc4)cnc3N)[nH]c2c1.Cl. The number of imidazole rings is 1. The first-order valence-electron chi connectivity index (χ1n) is 8.05. The number of hydrogen-bond donors (Lipinski definition) is 2. The Labute approximate surface area is 161 Å². The van der Waals surface area contributed by atoms with Crippen LogP contribution in [0.4, 0.5) is 5.82 Å². The van der Waals surface area contributed by atoms with Gasteiger partial charge in [0.25, 0.3) is 0 Å². The van der Waals surface area contributed by atoms with Gasteiger partial charge in [0.2, 0.25) is 0 Å². The highest BCUT2D eigenvalue weighted by molar-refractivity contribution is 5.94. The average Bonchev–Trinajstić information content (AvgIpc) is 3.11. The number of hydrogen-bond acceptors (Lipinski definition) is 5. The van der Waals surface area contributed by atoms with Gasteiger partial charge < -0.3 is 15.5 Å². The number of methoxy groups -OCH3 is 1. The standard InChI is InChI=1S/C20H16N4O2.ClH/c1-26-20(25)13-7-8-16-17(10-13)24-19(23-16)15-9-14(11-22-18(15)21)12-5-3-2-4-6-12;/h2-11H,1H3,(H2,21,22)(H,23,24);1H. The highest BCUT2D eigenvalue weighted by atomic mass is 35.5. The molecule has 0 unspecified atom stereocenters.